The van der Waals surface area contributed by atoms with Crippen molar-refractivity contribution in [2.24, 2.45) is 0 Å². The molecule has 0 fully saturated rings. The van der Waals surface area contributed by atoms with Gasteiger partial charge in [-0.25, -0.2) is 0 Å². The van der Waals surface area contributed by atoms with Crippen LogP contribution in [0.1, 0.15) is 31.8 Å². The average molecular weight is 413 g/mol. The Kier molecular flexibility index (Phi) is 3.09. The van der Waals surface area contributed by atoms with Crippen LogP contribution in [0.5, 0.6) is 0 Å². The van der Waals surface area contributed by atoms with E-state index in [-0.39, 0.29) is 23.3 Å². The summed E-state index contributed by atoms with van der Waals surface area (Å²) in [6, 6.07) is 12.6. The van der Waals surface area contributed by atoms with Crippen LogP contribution >= 0.6 is 20.3 Å². The van der Waals surface area contributed by atoms with Crippen LogP contribution in [0.3, 0.4) is 0 Å². The van der Waals surface area contributed by atoms with Crippen molar-refractivity contribution in [3.8, 4) is 0 Å². The quantitative estimate of drug-likeness (QED) is 0.453. The summed E-state index contributed by atoms with van der Waals surface area (Å²) >= 11 is 2.45. The van der Waals surface area contributed by atoms with Crippen molar-refractivity contribution in [1.29, 1.82) is 0 Å². The molecule has 2 nitrogen and oxygen atoms in total. The first kappa shape index (κ1) is 12.1. The first-order chi connectivity index (χ1) is 8.74. The minimum absolute atomic E-state index is 0.0191. The number of hydrogen-bond donors (Lipinski definition) is 0. The normalized spacial score (nSPS) is 13.2. The van der Waals surface area contributed by atoms with Crippen molar-refractivity contribution in [2.45, 2.75) is 0 Å². The van der Waals surface area contributed by atoms with E-state index in [0.29, 0.717) is 22.3 Å². The van der Waals surface area contributed by atoms with Crippen LogP contribution in [0.15, 0.2) is 42.5 Å². The number of carbonyl (C=O) groups is 2. The zero-order chi connectivity index (χ0) is 12.7. The van der Waals surface area contributed by atoms with Crippen LogP contribution in [0.4, 0.5) is 0 Å². The van der Waals surface area contributed by atoms with E-state index >= 15 is 0 Å². The maximum atomic E-state index is 12.5. The molecular formula is C14H7IO2Se. The van der Waals surface area contributed by atoms with Gasteiger partial charge in [0, 0.05) is 0 Å². The second kappa shape index (κ2) is 4.61. The molecule has 88 valence electrons. The number of rotatable bonds is 1. The van der Waals surface area contributed by atoms with Crippen LogP contribution in [-0.4, -0.2) is 23.3 Å². The number of hydrogen-bond acceptors (Lipinski definition) is 2. The third-order valence-corrected chi connectivity index (χ3v) is 6.53. The molecule has 1 aliphatic rings. The second-order valence-electron chi connectivity index (χ2n) is 3.96. The first-order valence-electron chi connectivity index (χ1n) is 5.34. The monoisotopic (exact) mass is 414 g/mol. The predicted octanol–water partition coefficient (Wildman–Crippen LogP) is 2.14. The molecule has 0 saturated heterocycles. The van der Waals surface area contributed by atoms with Gasteiger partial charge in [0.25, 0.3) is 0 Å². The number of carbonyl (C=O) groups excluding carboxylic acids is 2. The van der Waals surface area contributed by atoms with Crippen LogP contribution in [0, 0.1) is 0 Å². The summed E-state index contributed by atoms with van der Waals surface area (Å²) in [6.07, 6.45) is 0. The first-order valence-corrected chi connectivity index (χ1v) is 11.4. The van der Waals surface area contributed by atoms with Crippen LogP contribution in [0.25, 0.3) is 0 Å². The van der Waals surface area contributed by atoms with E-state index in [2.05, 4.69) is 20.3 Å². The molecular weight excluding hydrogens is 406 g/mol. The van der Waals surface area contributed by atoms with Crippen molar-refractivity contribution in [1.82, 2.24) is 0 Å². The van der Waals surface area contributed by atoms with Crippen LogP contribution in [-0.2, 0) is 0 Å². The Bertz CT molecular complexity index is 679. The van der Waals surface area contributed by atoms with Gasteiger partial charge in [-0.2, -0.15) is 0 Å². The molecule has 0 bridgehead atoms. The molecule has 0 unspecified atom stereocenters. The van der Waals surface area contributed by atoms with Gasteiger partial charge in [0.05, 0.1) is 0 Å². The second-order valence-corrected chi connectivity index (χ2v) is 7.49. The minimum atomic E-state index is -0.0392. The van der Waals surface area contributed by atoms with E-state index in [1.165, 1.54) is 0 Å². The predicted molar refractivity (Wildman–Crippen MR) is 79.2 cm³/mol. The van der Waals surface area contributed by atoms with Crippen molar-refractivity contribution < 1.29 is 9.59 Å². The molecule has 0 saturated carbocycles. The van der Waals surface area contributed by atoms with Gasteiger partial charge < -0.3 is 0 Å². The van der Waals surface area contributed by atoms with E-state index in [4.69, 9.17) is 0 Å². The molecule has 2 aromatic carbocycles. The van der Waals surface area contributed by atoms with Gasteiger partial charge in [0.1, 0.15) is 0 Å². The Balaban J connectivity index is 2.34. The molecule has 0 atom stereocenters. The fourth-order valence-corrected chi connectivity index (χ4v) is 4.94. The maximum absolute atomic E-state index is 12.5. The summed E-state index contributed by atoms with van der Waals surface area (Å²) in [5, 5.41) is 0. The summed E-state index contributed by atoms with van der Waals surface area (Å²) in [4.78, 5) is 24.9. The van der Waals surface area contributed by atoms with E-state index < -0.39 is 0 Å². The molecule has 0 amide bonds. The zero-order valence-corrected chi connectivity index (χ0v) is 13.0. The van der Waals surface area contributed by atoms with Gasteiger partial charge in [-0.1, -0.05) is 0 Å². The molecule has 3 rings (SSSR count). The van der Waals surface area contributed by atoms with E-state index in [1.807, 2.05) is 12.1 Å². The summed E-state index contributed by atoms with van der Waals surface area (Å²) < 4.78 is 0.994. The number of benzene rings is 2. The fraction of sp³-hybridized carbons (Fsp3) is 0. The Hall–Kier alpha value is -0.971. The topological polar surface area (TPSA) is 34.1 Å². The third-order valence-electron chi connectivity index (χ3n) is 3.00. The molecule has 18 heavy (non-hydrogen) atoms. The molecule has 0 spiro atoms. The molecule has 0 heterocycles. The van der Waals surface area contributed by atoms with E-state index in [0.717, 1.165) is 4.46 Å². The van der Waals surface area contributed by atoms with Crippen molar-refractivity contribution in [3.05, 3.63) is 64.7 Å². The molecule has 0 N–H and O–H groups in total. The Morgan fingerprint density at radius 1 is 0.778 bits per heavy atom. The molecule has 0 radical (unpaired) electrons. The van der Waals surface area contributed by atoms with Crippen molar-refractivity contribution in [2.75, 3.05) is 0 Å². The Morgan fingerprint density at radius 3 is 2.06 bits per heavy atom. The van der Waals surface area contributed by atoms with E-state index in [1.54, 1.807) is 30.3 Å². The average Bonchev–Trinajstić information content (AvgIpc) is 2.44. The van der Waals surface area contributed by atoms with Crippen molar-refractivity contribution in [3.63, 3.8) is 0 Å². The van der Waals surface area contributed by atoms with E-state index in [9.17, 15) is 9.59 Å². The number of halogens is 1. The molecule has 0 aliphatic heterocycles. The summed E-state index contributed by atoms with van der Waals surface area (Å²) in [6.45, 7) is 0. The fourth-order valence-electron chi connectivity index (χ4n) is 2.18. The molecule has 0 aromatic heterocycles. The molecule has 4 heteroatoms. The molecule has 1 aliphatic carbocycles. The Morgan fingerprint density at radius 2 is 1.39 bits per heavy atom. The van der Waals surface area contributed by atoms with Crippen LogP contribution < -0.4 is 4.46 Å². The standard InChI is InChI=1S/C14H7IO2Se/c15-18-11-7-3-6-10-12(11)14(17)9-5-2-1-4-8(9)13(10)16/h1-7H. The number of fused-ring (bicyclic) bond motifs is 2. The zero-order valence-electron chi connectivity index (χ0n) is 9.14. The van der Waals surface area contributed by atoms with Gasteiger partial charge in [-0.15, -0.1) is 0 Å². The van der Waals surface area contributed by atoms with Gasteiger partial charge >= 0.3 is 122 Å². The summed E-state index contributed by atoms with van der Waals surface area (Å²) in [5.74, 6) is -0.0583. The Labute approximate surface area is 122 Å². The van der Waals surface area contributed by atoms with Crippen molar-refractivity contribution >= 4 is 48.1 Å². The molecule has 2 aromatic rings. The number of ketones is 2. The SMILES string of the molecule is O=C1c2ccccc2C(=O)c2c([Se]I)cccc21. The summed E-state index contributed by atoms with van der Waals surface area (Å²) in [5.41, 5.74) is 2.21. The van der Waals surface area contributed by atoms with Gasteiger partial charge in [-0.05, 0) is 0 Å². The summed E-state index contributed by atoms with van der Waals surface area (Å²) in [7, 11) is 0. The van der Waals surface area contributed by atoms with Gasteiger partial charge in [0.15, 0.2) is 0 Å². The van der Waals surface area contributed by atoms with Gasteiger partial charge in [0.2, 0.25) is 0 Å². The third kappa shape index (κ3) is 1.67. The van der Waals surface area contributed by atoms with Gasteiger partial charge in [-0.3, -0.25) is 0 Å². The van der Waals surface area contributed by atoms with Crippen LogP contribution in [0.2, 0.25) is 0 Å².